The zero-order valence-corrected chi connectivity index (χ0v) is 35.2. The molecule has 10 heteroatoms. The van der Waals surface area contributed by atoms with Crippen molar-refractivity contribution in [2.45, 2.75) is 20.8 Å². The minimum absolute atomic E-state index is 0.102. The summed E-state index contributed by atoms with van der Waals surface area (Å²) in [6.45, 7) is 7.71. The Morgan fingerprint density at radius 3 is 1.68 bits per heavy atom. The molecule has 0 saturated carbocycles. The zero-order valence-electron chi connectivity index (χ0n) is 31.1. The van der Waals surface area contributed by atoms with E-state index < -0.39 is 8.60 Å². The summed E-state index contributed by atoms with van der Waals surface area (Å²) in [5.74, 6) is 0. The lowest BCUT2D eigenvalue weighted by Crippen LogP contribution is -1.94. The van der Waals surface area contributed by atoms with Crippen LogP contribution in [0.5, 0.6) is 0 Å². The normalized spacial score (nSPS) is 11.3. The number of fused-ring (bicyclic) bond motifs is 11. The SMILES string of the molecule is Brc1ccc2c(c1)[nH]c1c3ccccc3c3ccccc3c21.CCOP(OCC)OCC.O=[N+]([O-])c1cc(Br)ccc1-c1cc2ccccc2c2ccccc12. The predicted molar refractivity (Wildman–Crippen MR) is 242 cm³/mol. The van der Waals surface area contributed by atoms with Crippen LogP contribution in [0, 0.1) is 10.1 Å². The minimum atomic E-state index is -1.06. The number of hydrogen-bond donors (Lipinski definition) is 1. The standard InChI is InChI=1S/C20H12BrNO2.C20H12BrN.C6H15O3P/c21-14-9-10-18(20(12-14)22(23)24)19-11-13-5-1-2-6-15(13)16-7-3-4-8-17(16)19;21-12-9-10-17-18(11-12)22-20-16-8-4-2-6-14(16)13-5-1-3-7-15(13)19(17)20;1-4-7-10(8-5-2)9-6-3/h1-12H;1-11,22H;4-6H2,1-3H3. The first kappa shape index (κ1) is 39.5. The van der Waals surface area contributed by atoms with E-state index in [9.17, 15) is 10.1 Å². The van der Waals surface area contributed by atoms with E-state index >= 15 is 0 Å². The minimum Gasteiger partial charge on any atom is -0.354 e. The van der Waals surface area contributed by atoms with Crippen LogP contribution in [0.15, 0.2) is 148 Å². The van der Waals surface area contributed by atoms with Gasteiger partial charge in [0.2, 0.25) is 0 Å². The molecule has 1 aromatic heterocycles. The molecule has 56 heavy (non-hydrogen) atoms. The average molecular weight is 891 g/mol. The molecule has 1 heterocycles. The molecule has 7 nitrogen and oxygen atoms in total. The van der Waals surface area contributed by atoms with Gasteiger partial charge in [0.1, 0.15) is 0 Å². The van der Waals surface area contributed by atoms with E-state index in [0.29, 0.717) is 29.9 Å². The average Bonchev–Trinajstić information content (AvgIpc) is 3.60. The number of nitro groups is 1. The van der Waals surface area contributed by atoms with Crippen LogP contribution in [0.4, 0.5) is 5.69 Å². The van der Waals surface area contributed by atoms with Gasteiger partial charge in [-0.1, -0.05) is 135 Å². The Labute approximate surface area is 343 Å². The monoisotopic (exact) mass is 888 g/mol. The van der Waals surface area contributed by atoms with E-state index in [2.05, 4.69) is 116 Å². The van der Waals surface area contributed by atoms with E-state index in [4.69, 9.17) is 13.6 Å². The summed E-state index contributed by atoms with van der Waals surface area (Å²) < 4.78 is 17.2. The molecule has 0 bridgehead atoms. The van der Waals surface area contributed by atoms with Gasteiger partial charge in [0, 0.05) is 36.7 Å². The Kier molecular flexibility index (Phi) is 12.7. The number of hydrogen-bond acceptors (Lipinski definition) is 5. The lowest BCUT2D eigenvalue weighted by atomic mass is 9.92. The fourth-order valence-electron chi connectivity index (χ4n) is 7.11. The largest absolute Gasteiger partial charge is 0.354 e. The Morgan fingerprint density at radius 2 is 1.05 bits per heavy atom. The highest BCUT2D eigenvalue weighted by atomic mass is 79.9. The summed E-state index contributed by atoms with van der Waals surface area (Å²) in [7, 11) is -1.06. The predicted octanol–water partition coefficient (Wildman–Crippen LogP) is 15.0. The van der Waals surface area contributed by atoms with Crippen molar-refractivity contribution in [3.63, 3.8) is 0 Å². The second kappa shape index (κ2) is 18.0. The highest BCUT2D eigenvalue weighted by molar-refractivity contribution is 9.10. The number of halogens is 2. The molecule has 0 aliphatic rings. The van der Waals surface area contributed by atoms with Crippen molar-refractivity contribution in [3.8, 4) is 11.1 Å². The first-order valence-corrected chi connectivity index (χ1v) is 21.0. The molecule has 0 spiro atoms. The third kappa shape index (κ3) is 8.21. The van der Waals surface area contributed by atoms with E-state index in [1.54, 1.807) is 12.1 Å². The van der Waals surface area contributed by atoms with E-state index in [1.165, 1.54) is 43.4 Å². The highest BCUT2D eigenvalue weighted by Crippen LogP contribution is 2.41. The van der Waals surface area contributed by atoms with Crippen molar-refractivity contribution in [3.05, 3.63) is 159 Å². The number of nitro benzene ring substituents is 1. The summed E-state index contributed by atoms with van der Waals surface area (Å²) in [6.07, 6.45) is 0. The van der Waals surface area contributed by atoms with Crippen LogP contribution in [0.25, 0.3) is 76.0 Å². The summed E-state index contributed by atoms with van der Waals surface area (Å²) in [4.78, 5) is 14.8. The van der Waals surface area contributed by atoms with Gasteiger partial charge in [-0.15, -0.1) is 0 Å². The molecule has 0 aliphatic heterocycles. The number of benzene rings is 8. The van der Waals surface area contributed by atoms with Crippen molar-refractivity contribution in [2.24, 2.45) is 0 Å². The first-order valence-electron chi connectivity index (χ1n) is 18.4. The number of aromatic amines is 1. The maximum Gasteiger partial charge on any atom is 0.332 e. The number of rotatable bonds is 8. The Hall–Kier alpha value is -4.73. The Morgan fingerprint density at radius 1 is 0.554 bits per heavy atom. The molecule has 0 saturated heterocycles. The number of H-pyrrole nitrogens is 1. The van der Waals surface area contributed by atoms with Crippen molar-refractivity contribution in [2.75, 3.05) is 19.8 Å². The Balaban J connectivity index is 0.000000140. The molecule has 0 fully saturated rings. The van der Waals surface area contributed by atoms with Crippen LogP contribution in [-0.2, 0) is 13.6 Å². The van der Waals surface area contributed by atoms with Crippen LogP contribution in [0.1, 0.15) is 20.8 Å². The van der Waals surface area contributed by atoms with Gasteiger partial charge < -0.3 is 18.6 Å². The smallest absolute Gasteiger partial charge is 0.332 e. The fourth-order valence-corrected chi connectivity index (χ4v) is 8.68. The quantitative estimate of drug-likeness (QED) is 0.0711. The van der Waals surface area contributed by atoms with Crippen LogP contribution >= 0.6 is 40.5 Å². The summed E-state index contributed by atoms with van der Waals surface area (Å²) in [5.41, 5.74) is 4.01. The molecule has 0 atom stereocenters. The topological polar surface area (TPSA) is 86.6 Å². The van der Waals surface area contributed by atoms with Gasteiger partial charge >= 0.3 is 8.60 Å². The second-order valence-corrected chi connectivity index (χ2v) is 15.8. The van der Waals surface area contributed by atoms with Gasteiger partial charge in [-0.05, 0) is 94.4 Å². The lowest BCUT2D eigenvalue weighted by molar-refractivity contribution is -0.384. The van der Waals surface area contributed by atoms with Crippen molar-refractivity contribution >= 4 is 111 Å². The maximum atomic E-state index is 11.5. The molecule has 0 radical (unpaired) electrons. The van der Waals surface area contributed by atoms with E-state index in [1.807, 2.05) is 69.3 Å². The Bertz CT molecular complexity index is 2830. The van der Waals surface area contributed by atoms with Crippen LogP contribution < -0.4 is 0 Å². The fraction of sp³-hybridized carbons (Fsp3) is 0.130. The van der Waals surface area contributed by atoms with Crippen molar-refractivity contribution < 1.29 is 18.5 Å². The van der Waals surface area contributed by atoms with Crippen LogP contribution in [-0.4, -0.2) is 29.7 Å². The van der Waals surface area contributed by atoms with E-state index in [-0.39, 0.29) is 10.6 Å². The number of nitrogens with zero attached hydrogens (tertiary/aromatic N) is 1. The van der Waals surface area contributed by atoms with E-state index in [0.717, 1.165) is 31.6 Å². The third-order valence-electron chi connectivity index (χ3n) is 9.36. The van der Waals surface area contributed by atoms with Gasteiger partial charge in [0.25, 0.3) is 5.69 Å². The lowest BCUT2D eigenvalue weighted by Gasteiger charge is -2.12. The molecule has 8 aromatic carbocycles. The zero-order chi connectivity index (χ0) is 39.2. The number of aromatic nitrogens is 1. The molecule has 282 valence electrons. The molecular formula is C46H39Br2N2O5P. The summed E-state index contributed by atoms with van der Waals surface area (Å²) in [5, 5.41) is 23.7. The van der Waals surface area contributed by atoms with Gasteiger partial charge in [-0.2, -0.15) is 0 Å². The third-order valence-corrected chi connectivity index (χ3v) is 11.8. The van der Waals surface area contributed by atoms with Gasteiger partial charge in [0.05, 0.1) is 35.8 Å². The molecule has 0 amide bonds. The molecule has 9 aromatic rings. The summed E-state index contributed by atoms with van der Waals surface area (Å²) >= 11 is 6.89. The van der Waals surface area contributed by atoms with Crippen LogP contribution in [0.2, 0.25) is 0 Å². The number of nitrogens with one attached hydrogen (secondary N) is 1. The van der Waals surface area contributed by atoms with Crippen molar-refractivity contribution in [1.82, 2.24) is 4.98 Å². The molecular weight excluding hydrogens is 851 g/mol. The summed E-state index contributed by atoms with van der Waals surface area (Å²) in [6, 6.07) is 47.1. The molecule has 9 rings (SSSR count). The highest BCUT2D eigenvalue weighted by Gasteiger charge is 2.19. The second-order valence-electron chi connectivity index (χ2n) is 12.7. The molecule has 0 aliphatic carbocycles. The first-order chi connectivity index (χ1) is 27.3. The van der Waals surface area contributed by atoms with Gasteiger partial charge in [-0.25, -0.2) is 0 Å². The van der Waals surface area contributed by atoms with Gasteiger partial charge in [0.15, 0.2) is 0 Å². The maximum absolute atomic E-state index is 11.5. The molecule has 0 unspecified atom stereocenters. The van der Waals surface area contributed by atoms with Gasteiger partial charge in [-0.3, -0.25) is 10.1 Å². The molecule has 1 N–H and O–H groups in total. The van der Waals surface area contributed by atoms with Crippen molar-refractivity contribution in [1.29, 1.82) is 0 Å². The van der Waals surface area contributed by atoms with Crippen LogP contribution in [0.3, 0.4) is 0 Å².